The molecule has 0 aliphatic carbocycles. The molecule has 0 saturated carbocycles. The number of likely N-dealkylation sites (tertiary alicyclic amines) is 1. The first kappa shape index (κ1) is 14.5. The van der Waals surface area contributed by atoms with Crippen molar-refractivity contribution in [3.8, 4) is 0 Å². The molecule has 0 aromatic carbocycles. The molecule has 1 heterocycles. The molecule has 2 N–H and O–H groups in total. The Hall–Kier alpha value is -1.52. The lowest BCUT2D eigenvalue weighted by Gasteiger charge is -2.37. The molecule has 0 aromatic rings. The third-order valence-electron chi connectivity index (χ3n) is 3.32. The van der Waals surface area contributed by atoms with Crippen LogP contribution in [0.5, 0.6) is 0 Å². The van der Waals surface area contributed by atoms with E-state index < -0.39 is 11.4 Å². The van der Waals surface area contributed by atoms with Crippen molar-refractivity contribution in [3.05, 3.63) is 12.2 Å². The summed E-state index contributed by atoms with van der Waals surface area (Å²) in [5.74, 6) is -0.825. The van der Waals surface area contributed by atoms with Crippen LogP contribution in [0.4, 0.5) is 4.79 Å². The highest BCUT2D eigenvalue weighted by atomic mass is 16.4. The fraction of sp³-hybridized carbons (Fsp3) is 0.692. The predicted molar refractivity (Wildman–Crippen MR) is 69.4 cm³/mol. The highest BCUT2D eigenvalue weighted by Gasteiger charge is 2.39. The van der Waals surface area contributed by atoms with Crippen molar-refractivity contribution < 1.29 is 14.7 Å². The number of allylic oxidation sites excluding steroid dienone is 1. The standard InChI is InChI=1S/C13H22N2O3/c1-3-4-5-8-14-12(18)15-9-6-7-13(2,10-15)11(16)17/h3-4H,5-10H2,1-2H3,(H,14,18)(H,16,17)/b4-3+. The first-order valence-electron chi connectivity index (χ1n) is 6.37. The van der Waals surface area contributed by atoms with E-state index in [1.54, 1.807) is 11.8 Å². The van der Waals surface area contributed by atoms with E-state index in [1.165, 1.54) is 0 Å². The average Bonchev–Trinajstić information content (AvgIpc) is 2.34. The molecule has 2 amide bonds. The Kier molecular flexibility index (Phi) is 5.19. The smallest absolute Gasteiger partial charge is 0.317 e. The third-order valence-corrected chi connectivity index (χ3v) is 3.32. The molecule has 1 fully saturated rings. The van der Waals surface area contributed by atoms with Crippen LogP contribution >= 0.6 is 0 Å². The van der Waals surface area contributed by atoms with E-state index in [0.29, 0.717) is 19.5 Å². The second-order valence-corrected chi connectivity index (χ2v) is 4.98. The van der Waals surface area contributed by atoms with Crippen molar-refractivity contribution in [2.24, 2.45) is 5.41 Å². The van der Waals surface area contributed by atoms with E-state index in [1.807, 2.05) is 19.1 Å². The molecule has 1 unspecified atom stereocenters. The molecule has 0 spiro atoms. The fourth-order valence-corrected chi connectivity index (χ4v) is 2.13. The maximum Gasteiger partial charge on any atom is 0.317 e. The van der Waals surface area contributed by atoms with Crippen LogP contribution < -0.4 is 5.32 Å². The third kappa shape index (κ3) is 3.75. The van der Waals surface area contributed by atoms with Gasteiger partial charge >= 0.3 is 12.0 Å². The number of carbonyl (C=O) groups is 2. The molecule has 5 nitrogen and oxygen atoms in total. The summed E-state index contributed by atoms with van der Waals surface area (Å²) in [6.45, 7) is 5.15. The Labute approximate surface area is 108 Å². The zero-order valence-corrected chi connectivity index (χ0v) is 11.1. The monoisotopic (exact) mass is 254 g/mol. The number of hydrogen-bond acceptors (Lipinski definition) is 2. The largest absolute Gasteiger partial charge is 0.481 e. The summed E-state index contributed by atoms with van der Waals surface area (Å²) in [4.78, 5) is 24.6. The molecule has 102 valence electrons. The highest BCUT2D eigenvalue weighted by molar-refractivity contribution is 5.78. The quantitative estimate of drug-likeness (QED) is 0.594. The molecular weight excluding hydrogens is 232 g/mol. The van der Waals surface area contributed by atoms with Gasteiger partial charge < -0.3 is 15.3 Å². The van der Waals surface area contributed by atoms with Gasteiger partial charge in [-0.05, 0) is 33.1 Å². The van der Waals surface area contributed by atoms with Crippen LogP contribution in [0.25, 0.3) is 0 Å². The number of nitrogens with one attached hydrogen (secondary N) is 1. The summed E-state index contributed by atoms with van der Waals surface area (Å²) in [6.07, 6.45) is 6.09. The maximum absolute atomic E-state index is 11.9. The zero-order chi connectivity index (χ0) is 13.6. The van der Waals surface area contributed by atoms with Crippen molar-refractivity contribution in [1.29, 1.82) is 0 Å². The van der Waals surface area contributed by atoms with Crippen LogP contribution in [0.1, 0.15) is 33.1 Å². The summed E-state index contributed by atoms with van der Waals surface area (Å²) >= 11 is 0. The van der Waals surface area contributed by atoms with Gasteiger partial charge in [0.1, 0.15) is 0 Å². The zero-order valence-electron chi connectivity index (χ0n) is 11.1. The molecular formula is C13H22N2O3. The molecule has 1 aliphatic rings. The fourth-order valence-electron chi connectivity index (χ4n) is 2.13. The summed E-state index contributed by atoms with van der Waals surface area (Å²) in [5.41, 5.74) is -0.807. The second kappa shape index (κ2) is 6.42. The van der Waals surface area contributed by atoms with Crippen molar-refractivity contribution in [3.63, 3.8) is 0 Å². The Morgan fingerprint density at radius 3 is 2.83 bits per heavy atom. The number of carboxylic acid groups (broad SMARTS) is 1. The van der Waals surface area contributed by atoms with Crippen LogP contribution in [-0.2, 0) is 4.79 Å². The molecule has 1 aliphatic heterocycles. The predicted octanol–water partition coefficient (Wildman–Crippen LogP) is 1.85. The van der Waals surface area contributed by atoms with Gasteiger partial charge in [-0.15, -0.1) is 0 Å². The lowest BCUT2D eigenvalue weighted by molar-refractivity contribution is -0.150. The molecule has 1 rings (SSSR count). The minimum Gasteiger partial charge on any atom is -0.481 e. The van der Waals surface area contributed by atoms with E-state index >= 15 is 0 Å². The van der Waals surface area contributed by atoms with E-state index in [-0.39, 0.29) is 12.6 Å². The maximum atomic E-state index is 11.9. The number of nitrogens with zero attached hydrogens (tertiary/aromatic N) is 1. The van der Waals surface area contributed by atoms with Crippen molar-refractivity contribution in [2.45, 2.75) is 33.1 Å². The van der Waals surface area contributed by atoms with Crippen LogP contribution in [0, 0.1) is 5.41 Å². The molecule has 0 radical (unpaired) electrons. The summed E-state index contributed by atoms with van der Waals surface area (Å²) in [5, 5.41) is 12.0. The molecule has 0 bridgehead atoms. The van der Waals surface area contributed by atoms with E-state index in [4.69, 9.17) is 0 Å². The topological polar surface area (TPSA) is 69.6 Å². The first-order valence-corrected chi connectivity index (χ1v) is 6.37. The number of piperidine rings is 1. The van der Waals surface area contributed by atoms with Gasteiger partial charge in [-0.2, -0.15) is 0 Å². The minimum absolute atomic E-state index is 0.160. The minimum atomic E-state index is -0.825. The Morgan fingerprint density at radius 2 is 2.22 bits per heavy atom. The van der Waals surface area contributed by atoms with Gasteiger partial charge in [0.25, 0.3) is 0 Å². The number of amides is 2. The lowest BCUT2D eigenvalue weighted by Crippen LogP contribution is -2.51. The van der Waals surface area contributed by atoms with Gasteiger partial charge in [-0.3, -0.25) is 4.79 Å². The Balaban J connectivity index is 2.46. The number of carbonyl (C=O) groups excluding carboxylic acids is 1. The summed E-state index contributed by atoms with van der Waals surface area (Å²) in [6, 6.07) is -0.160. The van der Waals surface area contributed by atoms with Crippen molar-refractivity contribution in [2.75, 3.05) is 19.6 Å². The summed E-state index contributed by atoms with van der Waals surface area (Å²) < 4.78 is 0. The first-order chi connectivity index (χ1) is 8.49. The van der Waals surface area contributed by atoms with E-state index in [0.717, 1.165) is 12.8 Å². The van der Waals surface area contributed by atoms with Crippen LogP contribution in [0.3, 0.4) is 0 Å². The Morgan fingerprint density at radius 1 is 1.50 bits per heavy atom. The number of hydrogen-bond donors (Lipinski definition) is 2. The lowest BCUT2D eigenvalue weighted by atomic mass is 9.82. The van der Waals surface area contributed by atoms with Gasteiger partial charge in [0.2, 0.25) is 0 Å². The van der Waals surface area contributed by atoms with E-state index in [9.17, 15) is 14.7 Å². The van der Waals surface area contributed by atoms with Gasteiger partial charge in [0.15, 0.2) is 0 Å². The van der Waals surface area contributed by atoms with Crippen LogP contribution in [-0.4, -0.2) is 41.6 Å². The Bertz CT molecular complexity index is 341. The van der Waals surface area contributed by atoms with Crippen molar-refractivity contribution in [1.82, 2.24) is 10.2 Å². The molecule has 5 heteroatoms. The SMILES string of the molecule is C/C=C/CCNC(=O)N1CCCC(C)(C(=O)O)C1. The van der Waals surface area contributed by atoms with Crippen LogP contribution in [0.2, 0.25) is 0 Å². The molecule has 0 aromatic heterocycles. The molecule has 1 atom stereocenters. The number of urea groups is 1. The molecule has 1 saturated heterocycles. The number of carboxylic acids is 1. The van der Waals surface area contributed by atoms with E-state index in [2.05, 4.69) is 5.32 Å². The number of rotatable bonds is 4. The van der Waals surface area contributed by atoms with Gasteiger partial charge in [0.05, 0.1) is 5.41 Å². The van der Waals surface area contributed by atoms with Gasteiger partial charge in [-0.25, -0.2) is 4.79 Å². The summed E-state index contributed by atoms with van der Waals surface area (Å²) in [7, 11) is 0. The molecule has 18 heavy (non-hydrogen) atoms. The van der Waals surface area contributed by atoms with Crippen LogP contribution in [0.15, 0.2) is 12.2 Å². The second-order valence-electron chi connectivity index (χ2n) is 4.98. The van der Waals surface area contributed by atoms with Gasteiger partial charge in [-0.1, -0.05) is 12.2 Å². The van der Waals surface area contributed by atoms with Gasteiger partial charge in [0, 0.05) is 19.6 Å². The van der Waals surface area contributed by atoms with Crippen molar-refractivity contribution >= 4 is 12.0 Å². The highest BCUT2D eigenvalue weighted by Crippen LogP contribution is 2.29. The average molecular weight is 254 g/mol. The number of aliphatic carboxylic acids is 1. The normalized spacial score (nSPS) is 24.2.